The van der Waals surface area contributed by atoms with Gasteiger partial charge < -0.3 is 5.11 Å². The number of aromatic carboxylic acids is 1. The maximum absolute atomic E-state index is 10.9. The van der Waals surface area contributed by atoms with E-state index in [0.29, 0.717) is 15.6 Å². The molecule has 0 spiro atoms. The van der Waals surface area contributed by atoms with Crippen molar-refractivity contribution < 1.29 is 9.90 Å². The Labute approximate surface area is 89.5 Å². The van der Waals surface area contributed by atoms with Gasteiger partial charge in [-0.15, -0.1) is 11.3 Å². The minimum absolute atomic E-state index is 0.0398. The van der Waals surface area contributed by atoms with Crippen LogP contribution in [0.4, 0.5) is 0 Å². The lowest BCUT2D eigenvalue weighted by molar-refractivity contribution is 0.0692. The molecule has 76 valence electrons. The highest BCUT2D eigenvalue weighted by molar-refractivity contribution is 7.15. The van der Waals surface area contributed by atoms with Crippen molar-refractivity contribution in [3.8, 4) is 10.6 Å². The molecule has 1 N–H and O–H groups in total. The first-order chi connectivity index (χ1) is 7.18. The van der Waals surface area contributed by atoms with Crippen LogP contribution in [0.2, 0.25) is 0 Å². The smallest absolute Gasteiger partial charge is 0.356 e. The van der Waals surface area contributed by atoms with Crippen molar-refractivity contribution in [3.63, 3.8) is 0 Å². The van der Waals surface area contributed by atoms with Gasteiger partial charge in [0, 0.05) is 12.4 Å². The molecule has 0 aliphatic carbocycles. The molecular weight excluding hydrogens is 214 g/mol. The van der Waals surface area contributed by atoms with E-state index in [4.69, 9.17) is 5.11 Å². The second-order valence-corrected chi connectivity index (χ2v) is 4.01. The molecule has 0 saturated carbocycles. The first kappa shape index (κ1) is 9.72. The monoisotopic (exact) mass is 221 g/mol. The second-order valence-electron chi connectivity index (χ2n) is 2.81. The molecule has 0 atom stereocenters. The number of carbonyl (C=O) groups is 1. The summed E-state index contributed by atoms with van der Waals surface area (Å²) in [5, 5.41) is 9.64. The standard InChI is InChI=1S/C9H7N3O2S/c1-5-12-7(9(13)14)8(15-5)6-4-10-2-3-11-6/h2-4H,1H3,(H,13,14). The Morgan fingerprint density at radius 1 is 1.47 bits per heavy atom. The van der Waals surface area contributed by atoms with E-state index >= 15 is 0 Å². The van der Waals surface area contributed by atoms with E-state index < -0.39 is 5.97 Å². The molecule has 2 heterocycles. The lowest BCUT2D eigenvalue weighted by Crippen LogP contribution is -1.99. The van der Waals surface area contributed by atoms with Gasteiger partial charge in [0.1, 0.15) is 5.69 Å². The zero-order valence-corrected chi connectivity index (χ0v) is 8.65. The number of hydrogen-bond acceptors (Lipinski definition) is 5. The fourth-order valence-corrected chi connectivity index (χ4v) is 2.03. The van der Waals surface area contributed by atoms with E-state index in [0.717, 1.165) is 0 Å². The maximum atomic E-state index is 10.9. The zero-order valence-electron chi connectivity index (χ0n) is 7.84. The third-order valence-corrected chi connectivity index (χ3v) is 2.73. The summed E-state index contributed by atoms with van der Waals surface area (Å²) >= 11 is 1.30. The molecule has 0 aliphatic rings. The van der Waals surface area contributed by atoms with Crippen LogP contribution in [0, 0.1) is 6.92 Å². The number of aryl methyl sites for hydroxylation is 1. The normalized spacial score (nSPS) is 10.2. The molecule has 0 unspecified atom stereocenters. The van der Waals surface area contributed by atoms with Crippen molar-refractivity contribution in [1.82, 2.24) is 15.0 Å². The van der Waals surface area contributed by atoms with Crippen LogP contribution in [0.1, 0.15) is 15.5 Å². The summed E-state index contributed by atoms with van der Waals surface area (Å²) in [4.78, 5) is 23.3. The minimum atomic E-state index is -1.04. The maximum Gasteiger partial charge on any atom is 0.356 e. The molecule has 15 heavy (non-hydrogen) atoms. The largest absolute Gasteiger partial charge is 0.476 e. The van der Waals surface area contributed by atoms with E-state index in [1.165, 1.54) is 29.9 Å². The van der Waals surface area contributed by atoms with Crippen molar-refractivity contribution in [1.29, 1.82) is 0 Å². The van der Waals surface area contributed by atoms with E-state index in [2.05, 4.69) is 15.0 Å². The van der Waals surface area contributed by atoms with Gasteiger partial charge in [0.15, 0.2) is 5.69 Å². The Morgan fingerprint density at radius 2 is 2.27 bits per heavy atom. The highest BCUT2D eigenvalue weighted by atomic mass is 32.1. The number of hydrogen-bond donors (Lipinski definition) is 1. The van der Waals surface area contributed by atoms with Crippen LogP contribution in [-0.4, -0.2) is 26.0 Å². The SMILES string of the molecule is Cc1nc(C(=O)O)c(-c2cnccn2)s1. The number of rotatable bonds is 2. The van der Waals surface area contributed by atoms with Gasteiger partial charge in [-0.05, 0) is 6.92 Å². The summed E-state index contributed by atoms with van der Waals surface area (Å²) in [5.74, 6) is -1.04. The van der Waals surface area contributed by atoms with Gasteiger partial charge in [0.2, 0.25) is 0 Å². The molecule has 2 aromatic rings. The van der Waals surface area contributed by atoms with Crippen LogP contribution in [0.15, 0.2) is 18.6 Å². The third-order valence-electron chi connectivity index (χ3n) is 1.73. The van der Waals surface area contributed by atoms with Gasteiger partial charge in [0.25, 0.3) is 0 Å². The zero-order chi connectivity index (χ0) is 10.8. The molecule has 2 aromatic heterocycles. The molecule has 0 aliphatic heterocycles. The van der Waals surface area contributed by atoms with E-state index in [-0.39, 0.29) is 5.69 Å². The van der Waals surface area contributed by atoms with Crippen LogP contribution < -0.4 is 0 Å². The quantitative estimate of drug-likeness (QED) is 0.833. The summed E-state index contributed by atoms with van der Waals surface area (Å²) in [6.07, 6.45) is 4.59. The van der Waals surface area contributed by atoms with Gasteiger partial charge in [-0.25, -0.2) is 9.78 Å². The van der Waals surface area contributed by atoms with E-state index in [9.17, 15) is 4.79 Å². The van der Waals surface area contributed by atoms with Gasteiger partial charge in [0.05, 0.1) is 16.1 Å². The molecule has 0 bridgehead atoms. The Kier molecular flexibility index (Phi) is 2.42. The summed E-state index contributed by atoms with van der Waals surface area (Å²) in [6.45, 7) is 1.76. The molecule has 6 heteroatoms. The summed E-state index contributed by atoms with van der Waals surface area (Å²) in [6, 6.07) is 0. The number of nitrogens with zero attached hydrogens (tertiary/aromatic N) is 3. The Balaban J connectivity index is 2.58. The molecule has 0 aromatic carbocycles. The lowest BCUT2D eigenvalue weighted by atomic mass is 10.3. The van der Waals surface area contributed by atoms with Crippen molar-refractivity contribution in [3.05, 3.63) is 29.3 Å². The Bertz CT molecular complexity index is 495. The van der Waals surface area contributed by atoms with Gasteiger partial charge in [-0.3, -0.25) is 9.97 Å². The fraction of sp³-hybridized carbons (Fsp3) is 0.111. The van der Waals surface area contributed by atoms with Crippen LogP contribution in [0.5, 0.6) is 0 Å². The fourth-order valence-electron chi connectivity index (χ4n) is 1.16. The predicted octanol–water partition coefficient (Wildman–Crippen LogP) is 1.61. The molecule has 0 fully saturated rings. The minimum Gasteiger partial charge on any atom is -0.476 e. The van der Waals surface area contributed by atoms with Gasteiger partial charge in [-0.2, -0.15) is 0 Å². The first-order valence-electron chi connectivity index (χ1n) is 4.15. The molecule has 0 saturated heterocycles. The van der Waals surface area contributed by atoms with E-state index in [1.807, 2.05) is 0 Å². The number of aromatic nitrogens is 3. The van der Waals surface area contributed by atoms with Crippen molar-refractivity contribution in [2.75, 3.05) is 0 Å². The lowest BCUT2D eigenvalue weighted by Gasteiger charge is -1.95. The predicted molar refractivity (Wildman–Crippen MR) is 54.8 cm³/mol. The van der Waals surface area contributed by atoms with Crippen molar-refractivity contribution in [2.24, 2.45) is 0 Å². The van der Waals surface area contributed by atoms with Crippen LogP contribution in [0.25, 0.3) is 10.6 Å². The summed E-state index contributed by atoms with van der Waals surface area (Å²) in [7, 11) is 0. The molecule has 0 amide bonds. The number of carboxylic acid groups (broad SMARTS) is 1. The van der Waals surface area contributed by atoms with Crippen LogP contribution in [-0.2, 0) is 0 Å². The van der Waals surface area contributed by atoms with Gasteiger partial charge >= 0.3 is 5.97 Å². The van der Waals surface area contributed by atoms with Crippen LogP contribution >= 0.6 is 11.3 Å². The van der Waals surface area contributed by atoms with Crippen LogP contribution in [0.3, 0.4) is 0 Å². The number of carboxylic acids is 1. The van der Waals surface area contributed by atoms with Crippen molar-refractivity contribution in [2.45, 2.75) is 6.92 Å². The average molecular weight is 221 g/mol. The molecule has 2 rings (SSSR count). The number of thiazole rings is 1. The van der Waals surface area contributed by atoms with E-state index in [1.54, 1.807) is 6.92 Å². The van der Waals surface area contributed by atoms with Crippen molar-refractivity contribution >= 4 is 17.3 Å². The highest BCUT2D eigenvalue weighted by Gasteiger charge is 2.17. The average Bonchev–Trinajstić information content (AvgIpc) is 2.62. The Hall–Kier alpha value is -1.82. The summed E-state index contributed by atoms with van der Waals surface area (Å²) in [5.41, 5.74) is 0.582. The molecule has 5 nitrogen and oxygen atoms in total. The highest BCUT2D eigenvalue weighted by Crippen LogP contribution is 2.27. The topological polar surface area (TPSA) is 76.0 Å². The molecule has 0 radical (unpaired) electrons. The Morgan fingerprint density at radius 3 is 2.87 bits per heavy atom. The summed E-state index contributed by atoms with van der Waals surface area (Å²) < 4.78 is 0. The molecular formula is C9H7N3O2S. The first-order valence-corrected chi connectivity index (χ1v) is 4.97. The second kappa shape index (κ2) is 3.74. The third kappa shape index (κ3) is 1.84. The van der Waals surface area contributed by atoms with Gasteiger partial charge in [-0.1, -0.05) is 0 Å².